The molecule has 3 nitrogen and oxygen atoms in total. The minimum atomic E-state index is -4.29. The maximum absolute atomic E-state index is 12.5. The molecular weight excluding hydrogens is 269 g/mol. The van der Waals surface area contributed by atoms with E-state index in [9.17, 15) is 13.2 Å². The van der Waals surface area contributed by atoms with E-state index >= 15 is 0 Å². The monoisotopic (exact) mass is 288 g/mol. The zero-order valence-electron chi connectivity index (χ0n) is 11.3. The summed E-state index contributed by atoms with van der Waals surface area (Å²) in [5.41, 5.74) is 2.96. The molecule has 1 aromatic carbocycles. The van der Waals surface area contributed by atoms with Gasteiger partial charge in [0, 0.05) is 12.0 Å². The van der Waals surface area contributed by atoms with Crippen molar-refractivity contribution in [3.63, 3.8) is 0 Å². The molecule has 6 heteroatoms. The number of rotatable bonds is 4. The molecule has 0 saturated carbocycles. The molecule has 0 aliphatic carbocycles. The molecule has 1 aliphatic heterocycles. The highest BCUT2D eigenvalue weighted by molar-refractivity contribution is 5.25. The van der Waals surface area contributed by atoms with E-state index in [1.807, 2.05) is 6.92 Å². The summed E-state index contributed by atoms with van der Waals surface area (Å²) in [7, 11) is 0. The first-order chi connectivity index (χ1) is 9.40. The molecule has 0 radical (unpaired) electrons. The second kappa shape index (κ2) is 6.11. The van der Waals surface area contributed by atoms with Gasteiger partial charge in [0.2, 0.25) is 0 Å². The van der Waals surface area contributed by atoms with E-state index in [2.05, 4.69) is 5.43 Å². The summed E-state index contributed by atoms with van der Waals surface area (Å²) in [6.07, 6.45) is -2.58. The Morgan fingerprint density at radius 2 is 2.00 bits per heavy atom. The number of hydrogen-bond acceptors (Lipinski definition) is 3. The zero-order chi connectivity index (χ0) is 14.8. The van der Waals surface area contributed by atoms with Gasteiger partial charge in [-0.3, -0.25) is 11.3 Å². The third kappa shape index (κ3) is 3.71. The number of benzene rings is 1. The van der Waals surface area contributed by atoms with Gasteiger partial charge in [0.15, 0.2) is 0 Å². The van der Waals surface area contributed by atoms with Crippen molar-refractivity contribution in [3.8, 4) is 0 Å². The maximum Gasteiger partial charge on any atom is 0.416 e. The van der Waals surface area contributed by atoms with E-state index in [0.717, 1.165) is 24.1 Å². The Balaban J connectivity index is 2.01. The first-order valence-electron chi connectivity index (χ1n) is 6.64. The van der Waals surface area contributed by atoms with Gasteiger partial charge in [0.1, 0.15) is 0 Å². The molecule has 20 heavy (non-hydrogen) atoms. The minimum absolute atomic E-state index is 0.0108. The fourth-order valence-corrected chi connectivity index (χ4v) is 2.58. The highest BCUT2D eigenvalue weighted by Crippen LogP contribution is 2.30. The van der Waals surface area contributed by atoms with Crippen LogP contribution in [-0.2, 0) is 17.3 Å². The minimum Gasteiger partial charge on any atom is -0.378 e. The molecule has 0 aromatic heterocycles. The third-order valence-electron chi connectivity index (χ3n) is 3.75. The Morgan fingerprint density at radius 3 is 2.45 bits per heavy atom. The number of alkyl halides is 3. The fourth-order valence-electron chi connectivity index (χ4n) is 2.58. The Morgan fingerprint density at radius 1 is 1.35 bits per heavy atom. The summed E-state index contributed by atoms with van der Waals surface area (Å²) in [6, 6.07) is 5.24. The number of nitrogens with one attached hydrogen (secondary N) is 1. The molecular formula is C14H19F3N2O. The average molecular weight is 288 g/mol. The van der Waals surface area contributed by atoms with Gasteiger partial charge in [-0.2, -0.15) is 13.2 Å². The largest absolute Gasteiger partial charge is 0.416 e. The first-order valence-corrected chi connectivity index (χ1v) is 6.64. The summed E-state index contributed by atoms with van der Waals surface area (Å²) in [6.45, 7) is 2.64. The third-order valence-corrected chi connectivity index (χ3v) is 3.75. The van der Waals surface area contributed by atoms with Crippen molar-refractivity contribution in [3.05, 3.63) is 35.4 Å². The summed E-state index contributed by atoms with van der Waals surface area (Å²) in [5, 5.41) is 0. The lowest BCUT2D eigenvalue weighted by atomic mass is 9.92. The van der Waals surface area contributed by atoms with Crippen LogP contribution in [0.4, 0.5) is 13.2 Å². The van der Waals surface area contributed by atoms with Crippen LogP contribution in [0.25, 0.3) is 0 Å². The summed E-state index contributed by atoms with van der Waals surface area (Å²) in [4.78, 5) is 0. The Bertz CT molecular complexity index is 433. The second-order valence-electron chi connectivity index (χ2n) is 5.31. The molecule has 1 aliphatic rings. The first kappa shape index (κ1) is 15.3. The molecule has 3 atom stereocenters. The molecule has 1 heterocycles. The van der Waals surface area contributed by atoms with Crippen LogP contribution in [0.15, 0.2) is 24.3 Å². The van der Waals surface area contributed by atoms with Crippen molar-refractivity contribution in [2.45, 2.75) is 38.1 Å². The lowest BCUT2D eigenvalue weighted by molar-refractivity contribution is -0.137. The zero-order valence-corrected chi connectivity index (χ0v) is 11.3. The van der Waals surface area contributed by atoms with Gasteiger partial charge in [-0.05, 0) is 37.5 Å². The van der Waals surface area contributed by atoms with Crippen LogP contribution in [0.5, 0.6) is 0 Å². The van der Waals surface area contributed by atoms with Crippen molar-refractivity contribution in [2.24, 2.45) is 11.8 Å². The van der Waals surface area contributed by atoms with Crippen molar-refractivity contribution in [2.75, 3.05) is 6.61 Å². The van der Waals surface area contributed by atoms with E-state index in [1.165, 1.54) is 12.1 Å². The number of hydrazine groups is 1. The van der Waals surface area contributed by atoms with Crippen LogP contribution in [0, 0.1) is 5.92 Å². The molecule has 0 amide bonds. The molecule has 3 N–H and O–H groups in total. The van der Waals surface area contributed by atoms with Gasteiger partial charge in [-0.1, -0.05) is 12.1 Å². The summed E-state index contributed by atoms with van der Waals surface area (Å²) in [5.74, 6) is 5.85. The van der Waals surface area contributed by atoms with Gasteiger partial charge >= 0.3 is 6.18 Å². The SMILES string of the molecule is CC1CC(C(Cc2ccc(C(F)(F)F)cc2)NN)CO1. The lowest BCUT2D eigenvalue weighted by Crippen LogP contribution is -2.42. The van der Waals surface area contributed by atoms with E-state index in [4.69, 9.17) is 10.6 Å². The highest BCUT2D eigenvalue weighted by atomic mass is 19.4. The molecule has 1 fully saturated rings. The van der Waals surface area contributed by atoms with Crippen LogP contribution >= 0.6 is 0 Å². The quantitative estimate of drug-likeness (QED) is 0.661. The smallest absolute Gasteiger partial charge is 0.378 e. The van der Waals surface area contributed by atoms with Gasteiger partial charge in [-0.25, -0.2) is 0 Å². The predicted octanol–water partition coefficient (Wildman–Crippen LogP) is 2.50. The number of ether oxygens (including phenoxy) is 1. The Kier molecular flexibility index (Phi) is 4.67. The molecule has 3 unspecified atom stereocenters. The summed E-state index contributed by atoms with van der Waals surface area (Å²) >= 11 is 0. The van der Waals surface area contributed by atoms with E-state index in [-0.39, 0.29) is 18.1 Å². The topological polar surface area (TPSA) is 47.3 Å². The molecule has 1 aromatic rings. The van der Waals surface area contributed by atoms with Crippen molar-refractivity contribution in [1.29, 1.82) is 0 Å². The van der Waals surface area contributed by atoms with E-state index in [1.54, 1.807) is 0 Å². The van der Waals surface area contributed by atoms with Crippen LogP contribution in [-0.4, -0.2) is 18.8 Å². The van der Waals surface area contributed by atoms with Gasteiger partial charge in [-0.15, -0.1) is 0 Å². The Labute approximate surface area is 116 Å². The number of hydrogen-bond donors (Lipinski definition) is 2. The van der Waals surface area contributed by atoms with Crippen LogP contribution in [0.2, 0.25) is 0 Å². The van der Waals surface area contributed by atoms with Gasteiger partial charge in [0.05, 0.1) is 18.3 Å². The van der Waals surface area contributed by atoms with Crippen LogP contribution in [0.1, 0.15) is 24.5 Å². The normalized spacial score (nSPS) is 24.9. The second-order valence-corrected chi connectivity index (χ2v) is 5.31. The molecule has 1 saturated heterocycles. The van der Waals surface area contributed by atoms with Gasteiger partial charge in [0.25, 0.3) is 0 Å². The van der Waals surface area contributed by atoms with Crippen molar-refractivity contribution < 1.29 is 17.9 Å². The van der Waals surface area contributed by atoms with Gasteiger partial charge < -0.3 is 4.74 Å². The lowest BCUT2D eigenvalue weighted by Gasteiger charge is -2.21. The maximum atomic E-state index is 12.5. The fraction of sp³-hybridized carbons (Fsp3) is 0.571. The highest BCUT2D eigenvalue weighted by Gasteiger charge is 2.31. The Hall–Kier alpha value is -1.11. The predicted molar refractivity (Wildman–Crippen MR) is 69.8 cm³/mol. The molecule has 112 valence electrons. The number of nitrogens with two attached hydrogens (primary N) is 1. The average Bonchev–Trinajstić information content (AvgIpc) is 2.82. The summed E-state index contributed by atoms with van der Waals surface area (Å²) < 4.78 is 43.0. The van der Waals surface area contributed by atoms with E-state index < -0.39 is 11.7 Å². The standard InChI is InChI=1S/C14H19F3N2O/c1-9-6-11(8-20-9)13(19-18)7-10-2-4-12(5-3-10)14(15,16)17/h2-5,9,11,13,19H,6-8,18H2,1H3. The van der Waals surface area contributed by atoms with Crippen molar-refractivity contribution in [1.82, 2.24) is 5.43 Å². The molecule has 0 spiro atoms. The van der Waals surface area contributed by atoms with Crippen molar-refractivity contribution >= 4 is 0 Å². The number of halogens is 3. The molecule has 0 bridgehead atoms. The molecule has 2 rings (SSSR count). The van der Waals surface area contributed by atoms with Crippen LogP contribution < -0.4 is 11.3 Å². The van der Waals surface area contributed by atoms with E-state index in [0.29, 0.717) is 13.0 Å². The van der Waals surface area contributed by atoms with Crippen LogP contribution in [0.3, 0.4) is 0 Å².